The first-order valence-electron chi connectivity index (χ1n) is 8.93. The molecule has 1 unspecified atom stereocenters. The number of benzene rings is 1. The number of hydrogen-bond donors (Lipinski definition) is 2. The van der Waals surface area contributed by atoms with Crippen molar-refractivity contribution in [3.63, 3.8) is 0 Å². The number of ether oxygens (including phenoxy) is 3. The SMILES string of the molecule is CCOC(CCNC(=NC)NCc1cc(OC)c(OC)cc1Br)C(C)C. The van der Waals surface area contributed by atoms with Crippen molar-refractivity contribution in [3.05, 3.63) is 22.2 Å². The van der Waals surface area contributed by atoms with Crippen LogP contribution in [0.25, 0.3) is 0 Å². The van der Waals surface area contributed by atoms with Gasteiger partial charge in [0, 0.05) is 31.2 Å². The third-order valence-electron chi connectivity index (χ3n) is 4.07. The Morgan fingerprint density at radius 3 is 2.35 bits per heavy atom. The number of hydrogen-bond acceptors (Lipinski definition) is 4. The van der Waals surface area contributed by atoms with E-state index >= 15 is 0 Å². The highest BCUT2D eigenvalue weighted by Crippen LogP contribution is 2.33. The van der Waals surface area contributed by atoms with Crippen LogP contribution in [0, 0.1) is 5.92 Å². The average Bonchev–Trinajstić information content (AvgIpc) is 2.63. The minimum atomic E-state index is 0.255. The second kappa shape index (κ2) is 12.0. The predicted octanol–water partition coefficient (Wildman–Crippen LogP) is 3.58. The average molecular weight is 430 g/mol. The van der Waals surface area contributed by atoms with Crippen LogP contribution in [0.15, 0.2) is 21.6 Å². The summed E-state index contributed by atoms with van der Waals surface area (Å²) in [6.07, 6.45) is 1.19. The molecule has 1 rings (SSSR count). The van der Waals surface area contributed by atoms with Crippen LogP contribution < -0.4 is 20.1 Å². The molecule has 0 saturated heterocycles. The van der Waals surface area contributed by atoms with Gasteiger partial charge in [0.1, 0.15) is 0 Å². The van der Waals surface area contributed by atoms with Gasteiger partial charge in [-0.05, 0) is 37.0 Å². The zero-order chi connectivity index (χ0) is 19.5. The number of guanidine groups is 1. The lowest BCUT2D eigenvalue weighted by molar-refractivity contribution is 0.0258. The minimum Gasteiger partial charge on any atom is -0.493 e. The van der Waals surface area contributed by atoms with Crippen molar-refractivity contribution in [2.24, 2.45) is 10.9 Å². The molecule has 0 aromatic heterocycles. The summed E-state index contributed by atoms with van der Waals surface area (Å²) in [5.41, 5.74) is 1.06. The molecule has 26 heavy (non-hydrogen) atoms. The summed E-state index contributed by atoms with van der Waals surface area (Å²) >= 11 is 3.58. The van der Waals surface area contributed by atoms with Crippen LogP contribution in [-0.4, -0.2) is 46.5 Å². The van der Waals surface area contributed by atoms with Gasteiger partial charge in [-0.25, -0.2) is 0 Å². The minimum absolute atomic E-state index is 0.255. The standard InChI is InChI=1S/C19H32BrN3O3/c1-7-26-16(13(2)3)8-9-22-19(21-4)23-12-14-10-17(24-5)18(25-6)11-15(14)20/h10-11,13,16H,7-9,12H2,1-6H3,(H2,21,22,23). The summed E-state index contributed by atoms with van der Waals surface area (Å²) in [6.45, 7) is 8.55. The van der Waals surface area contributed by atoms with Crippen molar-refractivity contribution in [3.8, 4) is 11.5 Å². The fraction of sp³-hybridized carbons (Fsp3) is 0.632. The van der Waals surface area contributed by atoms with Gasteiger partial charge in [-0.2, -0.15) is 0 Å². The molecule has 1 aromatic rings. The van der Waals surface area contributed by atoms with Crippen LogP contribution in [0.2, 0.25) is 0 Å². The second-order valence-electron chi connectivity index (χ2n) is 6.18. The molecule has 1 aromatic carbocycles. The van der Waals surface area contributed by atoms with Crippen molar-refractivity contribution in [1.29, 1.82) is 0 Å². The number of methoxy groups -OCH3 is 2. The van der Waals surface area contributed by atoms with E-state index in [4.69, 9.17) is 14.2 Å². The van der Waals surface area contributed by atoms with Gasteiger partial charge >= 0.3 is 0 Å². The van der Waals surface area contributed by atoms with E-state index in [-0.39, 0.29) is 6.10 Å². The van der Waals surface area contributed by atoms with Crippen molar-refractivity contribution in [1.82, 2.24) is 10.6 Å². The smallest absolute Gasteiger partial charge is 0.191 e. The van der Waals surface area contributed by atoms with Gasteiger partial charge in [0.05, 0.1) is 20.3 Å². The molecular formula is C19H32BrN3O3. The van der Waals surface area contributed by atoms with Crippen LogP contribution in [0.4, 0.5) is 0 Å². The Kier molecular flexibility index (Phi) is 10.4. The topological polar surface area (TPSA) is 64.1 Å². The van der Waals surface area contributed by atoms with Gasteiger partial charge in [-0.15, -0.1) is 0 Å². The number of halogens is 1. The Morgan fingerprint density at radius 1 is 1.15 bits per heavy atom. The van der Waals surface area contributed by atoms with Crippen LogP contribution >= 0.6 is 15.9 Å². The molecule has 0 fully saturated rings. The number of nitrogens with zero attached hydrogens (tertiary/aromatic N) is 1. The van der Waals surface area contributed by atoms with E-state index in [1.165, 1.54) is 0 Å². The molecule has 0 aliphatic rings. The Morgan fingerprint density at radius 2 is 1.81 bits per heavy atom. The molecule has 0 saturated carbocycles. The summed E-state index contributed by atoms with van der Waals surface area (Å²) in [4.78, 5) is 4.28. The summed E-state index contributed by atoms with van der Waals surface area (Å²) in [6, 6.07) is 3.86. The van der Waals surface area contributed by atoms with Gasteiger partial charge in [0.25, 0.3) is 0 Å². The van der Waals surface area contributed by atoms with Gasteiger partial charge in [-0.1, -0.05) is 29.8 Å². The maximum atomic E-state index is 5.78. The van der Waals surface area contributed by atoms with E-state index in [2.05, 4.69) is 45.4 Å². The van der Waals surface area contributed by atoms with Crippen LogP contribution in [0.3, 0.4) is 0 Å². The Labute approximate surface area is 165 Å². The Hall–Kier alpha value is -1.47. The van der Waals surface area contributed by atoms with Crippen LogP contribution in [0.1, 0.15) is 32.8 Å². The number of aliphatic imine (C=N–C) groups is 1. The third kappa shape index (κ3) is 7.03. The quantitative estimate of drug-likeness (QED) is 0.439. The molecule has 0 heterocycles. The molecule has 148 valence electrons. The fourth-order valence-electron chi connectivity index (χ4n) is 2.59. The van der Waals surface area contributed by atoms with Crippen molar-refractivity contribution in [2.45, 2.75) is 39.8 Å². The van der Waals surface area contributed by atoms with Gasteiger partial charge in [-0.3, -0.25) is 4.99 Å². The zero-order valence-corrected chi connectivity index (χ0v) is 18.3. The molecule has 0 bridgehead atoms. The van der Waals surface area contributed by atoms with Gasteiger partial charge in [0.15, 0.2) is 17.5 Å². The third-order valence-corrected chi connectivity index (χ3v) is 4.81. The van der Waals surface area contributed by atoms with Crippen molar-refractivity contribution in [2.75, 3.05) is 34.4 Å². The highest BCUT2D eigenvalue weighted by molar-refractivity contribution is 9.10. The Balaban J connectivity index is 2.59. The monoisotopic (exact) mass is 429 g/mol. The summed E-state index contributed by atoms with van der Waals surface area (Å²) in [5, 5.41) is 6.66. The normalized spacial score (nSPS) is 12.8. The summed E-state index contributed by atoms with van der Waals surface area (Å²) in [7, 11) is 5.02. The van der Waals surface area contributed by atoms with Crippen molar-refractivity contribution >= 4 is 21.9 Å². The second-order valence-corrected chi connectivity index (χ2v) is 7.03. The molecular weight excluding hydrogens is 398 g/mol. The number of nitrogens with one attached hydrogen (secondary N) is 2. The predicted molar refractivity (Wildman–Crippen MR) is 110 cm³/mol. The Bertz CT molecular complexity index is 579. The van der Waals surface area contributed by atoms with Crippen molar-refractivity contribution < 1.29 is 14.2 Å². The van der Waals surface area contributed by atoms with Gasteiger partial charge in [0.2, 0.25) is 0 Å². The van der Waals surface area contributed by atoms with Gasteiger partial charge < -0.3 is 24.8 Å². The highest BCUT2D eigenvalue weighted by atomic mass is 79.9. The lowest BCUT2D eigenvalue weighted by atomic mass is 10.0. The molecule has 7 heteroatoms. The first kappa shape index (κ1) is 22.6. The zero-order valence-electron chi connectivity index (χ0n) is 16.7. The van der Waals surface area contributed by atoms with E-state index in [0.717, 1.165) is 35.6 Å². The van der Waals surface area contributed by atoms with E-state index < -0.39 is 0 Å². The molecule has 0 radical (unpaired) electrons. The van der Waals surface area contributed by atoms with E-state index in [9.17, 15) is 0 Å². The molecule has 0 aliphatic heterocycles. The van der Waals surface area contributed by atoms with E-state index in [0.29, 0.717) is 24.0 Å². The molecule has 0 aliphatic carbocycles. The molecule has 6 nitrogen and oxygen atoms in total. The lowest BCUT2D eigenvalue weighted by Gasteiger charge is -2.21. The maximum Gasteiger partial charge on any atom is 0.191 e. The van der Waals surface area contributed by atoms with Crippen LogP contribution in [-0.2, 0) is 11.3 Å². The molecule has 0 spiro atoms. The van der Waals surface area contributed by atoms with E-state index in [1.54, 1.807) is 21.3 Å². The summed E-state index contributed by atoms with van der Waals surface area (Å²) in [5.74, 6) is 2.65. The first-order valence-corrected chi connectivity index (χ1v) is 9.72. The maximum absolute atomic E-state index is 5.78. The highest BCUT2D eigenvalue weighted by Gasteiger charge is 2.13. The largest absolute Gasteiger partial charge is 0.493 e. The lowest BCUT2D eigenvalue weighted by Crippen LogP contribution is -2.39. The first-order chi connectivity index (χ1) is 12.5. The number of rotatable bonds is 10. The molecule has 1 atom stereocenters. The van der Waals surface area contributed by atoms with Crippen LogP contribution in [0.5, 0.6) is 11.5 Å². The molecule has 0 amide bonds. The van der Waals surface area contributed by atoms with E-state index in [1.807, 2.05) is 19.1 Å². The molecule has 2 N–H and O–H groups in total. The fourth-order valence-corrected chi connectivity index (χ4v) is 3.05. The summed E-state index contributed by atoms with van der Waals surface area (Å²) < 4.78 is 17.4.